The minimum absolute atomic E-state index is 0.730. The predicted octanol–water partition coefficient (Wildman–Crippen LogP) is 3.62. The van der Waals surface area contributed by atoms with E-state index >= 15 is 0 Å². The van der Waals surface area contributed by atoms with Crippen molar-refractivity contribution in [1.82, 2.24) is 0 Å². The van der Waals surface area contributed by atoms with Crippen LogP contribution in [0.25, 0.3) is 0 Å². The zero-order valence-electron chi connectivity index (χ0n) is 7.93. The first kappa shape index (κ1) is 7.85. The first-order chi connectivity index (χ1) is 5.77. The average Bonchev–Trinajstić information content (AvgIpc) is 2.49. The topological polar surface area (TPSA) is 0 Å². The maximum Gasteiger partial charge on any atom is -0.0126 e. The molecule has 0 fully saturated rings. The molecule has 64 valence electrons. The van der Waals surface area contributed by atoms with Gasteiger partial charge in [-0.25, -0.2) is 0 Å². The van der Waals surface area contributed by atoms with Crippen molar-refractivity contribution in [2.75, 3.05) is 0 Å². The third-order valence-electron chi connectivity index (χ3n) is 2.87. The molecule has 0 saturated heterocycles. The Balaban J connectivity index is 2.26. The van der Waals surface area contributed by atoms with Crippen molar-refractivity contribution < 1.29 is 0 Å². The number of hydrogen-bond donors (Lipinski definition) is 0. The molecule has 12 heavy (non-hydrogen) atoms. The van der Waals surface area contributed by atoms with Crippen LogP contribution in [0.15, 0.2) is 34.9 Å². The monoisotopic (exact) mass is 160 g/mol. The molecule has 2 aliphatic carbocycles. The molecule has 2 aliphatic rings. The van der Waals surface area contributed by atoms with Crippen LogP contribution in [0.4, 0.5) is 0 Å². The van der Waals surface area contributed by atoms with Crippen molar-refractivity contribution >= 4 is 0 Å². The highest BCUT2D eigenvalue weighted by Gasteiger charge is 2.15. The molecule has 0 aromatic rings. The zero-order valence-corrected chi connectivity index (χ0v) is 7.93. The first-order valence-corrected chi connectivity index (χ1v) is 4.86. The van der Waals surface area contributed by atoms with Gasteiger partial charge in [0.2, 0.25) is 0 Å². The molecule has 0 amide bonds. The van der Waals surface area contributed by atoms with Gasteiger partial charge >= 0.3 is 0 Å². The summed E-state index contributed by atoms with van der Waals surface area (Å²) in [5, 5.41) is 0. The van der Waals surface area contributed by atoms with Crippen molar-refractivity contribution in [3.05, 3.63) is 34.9 Å². The average molecular weight is 160 g/mol. The minimum Gasteiger partial charge on any atom is -0.0798 e. The number of hydrogen-bond acceptors (Lipinski definition) is 0. The molecule has 0 aromatic carbocycles. The highest BCUT2D eigenvalue weighted by molar-refractivity contribution is 5.46. The highest BCUT2D eigenvalue weighted by atomic mass is 14.2. The smallest absolute Gasteiger partial charge is 0.0126 e. The van der Waals surface area contributed by atoms with E-state index < -0.39 is 0 Å². The zero-order chi connectivity index (χ0) is 8.55. The Morgan fingerprint density at radius 3 is 2.83 bits per heavy atom. The van der Waals surface area contributed by atoms with Crippen molar-refractivity contribution in [3.8, 4) is 0 Å². The van der Waals surface area contributed by atoms with Crippen LogP contribution in [0.3, 0.4) is 0 Å². The molecular formula is C12H16. The summed E-state index contributed by atoms with van der Waals surface area (Å²) in [6, 6.07) is 0. The second-order valence-corrected chi connectivity index (χ2v) is 4.04. The first-order valence-electron chi connectivity index (χ1n) is 4.86. The molecule has 0 aromatic heterocycles. The van der Waals surface area contributed by atoms with E-state index in [0.29, 0.717) is 0 Å². The molecule has 0 heterocycles. The number of allylic oxidation sites excluding steroid dienone is 6. The van der Waals surface area contributed by atoms with Crippen LogP contribution < -0.4 is 0 Å². The van der Waals surface area contributed by atoms with Crippen molar-refractivity contribution in [3.63, 3.8) is 0 Å². The van der Waals surface area contributed by atoms with Crippen LogP contribution in [0.2, 0.25) is 0 Å². The van der Waals surface area contributed by atoms with E-state index in [0.717, 1.165) is 5.92 Å². The van der Waals surface area contributed by atoms with Gasteiger partial charge < -0.3 is 0 Å². The summed E-state index contributed by atoms with van der Waals surface area (Å²) >= 11 is 0. The standard InChI is InChI=1S/C12H16/c1-9(2)11-7-6-10-4-3-5-12(10)8-11/h3,5,8-9H,4,6-7H2,1-2H3. The Bertz CT molecular complexity index is 274. The summed E-state index contributed by atoms with van der Waals surface area (Å²) in [6.07, 6.45) is 10.7. The van der Waals surface area contributed by atoms with E-state index in [1.165, 1.54) is 24.8 Å². The molecule has 0 atom stereocenters. The van der Waals surface area contributed by atoms with Gasteiger partial charge in [-0.05, 0) is 30.8 Å². The van der Waals surface area contributed by atoms with E-state index in [2.05, 4.69) is 32.1 Å². The molecule has 0 N–H and O–H groups in total. The third-order valence-corrected chi connectivity index (χ3v) is 2.87. The Morgan fingerprint density at radius 2 is 2.08 bits per heavy atom. The van der Waals surface area contributed by atoms with E-state index in [9.17, 15) is 0 Å². The maximum absolute atomic E-state index is 2.40. The fraction of sp³-hybridized carbons (Fsp3) is 0.500. The van der Waals surface area contributed by atoms with E-state index in [-0.39, 0.29) is 0 Å². The summed E-state index contributed by atoms with van der Waals surface area (Å²) in [6.45, 7) is 4.58. The van der Waals surface area contributed by atoms with E-state index in [4.69, 9.17) is 0 Å². The molecule has 0 bridgehead atoms. The van der Waals surface area contributed by atoms with Gasteiger partial charge in [0.15, 0.2) is 0 Å². The second kappa shape index (κ2) is 2.93. The van der Waals surface area contributed by atoms with Gasteiger partial charge in [0.05, 0.1) is 0 Å². The molecular weight excluding hydrogens is 144 g/mol. The lowest BCUT2D eigenvalue weighted by molar-refractivity contribution is 0.695. The van der Waals surface area contributed by atoms with Crippen LogP contribution in [-0.2, 0) is 0 Å². The maximum atomic E-state index is 2.40. The Hall–Kier alpha value is -0.780. The van der Waals surface area contributed by atoms with Crippen LogP contribution in [0.1, 0.15) is 33.1 Å². The van der Waals surface area contributed by atoms with Crippen LogP contribution in [-0.4, -0.2) is 0 Å². The summed E-state index contributed by atoms with van der Waals surface area (Å²) in [7, 11) is 0. The molecule has 0 heteroatoms. The molecule has 2 rings (SSSR count). The van der Waals surface area contributed by atoms with Gasteiger partial charge in [-0.15, -0.1) is 0 Å². The molecule has 0 saturated carbocycles. The lowest BCUT2D eigenvalue weighted by Crippen LogP contribution is -2.00. The lowest BCUT2D eigenvalue weighted by Gasteiger charge is -2.17. The molecule has 0 aliphatic heterocycles. The van der Waals surface area contributed by atoms with Gasteiger partial charge in [0, 0.05) is 0 Å². The highest BCUT2D eigenvalue weighted by Crippen LogP contribution is 2.33. The van der Waals surface area contributed by atoms with Gasteiger partial charge in [-0.1, -0.05) is 43.2 Å². The third kappa shape index (κ3) is 1.26. The number of rotatable bonds is 1. The largest absolute Gasteiger partial charge is 0.0798 e. The molecule has 0 nitrogen and oxygen atoms in total. The second-order valence-electron chi connectivity index (χ2n) is 4.04. The molecule has 0 radical (unpaired) electrons. The summed E-state index contributed by atoms with van der Waals surface area (Å²) in [5.74, 6) is 0.730. The van der Waals surface area contributed by atoms with Gasteiger partial charge in [0.1, 0.15) is 0 Å². The van der Waals surface area contributed by atoms with Crippen molar-refractivity contribution in [2.24, 2.45) is 5.92 Å². The van der Waals surface area contributed by atoms with Crippen LogP contribution in [0.5, 0.6) is 0 Å². The minimum atomic E-state index is 0.730. The van der Waals surface area contributed by atoms with Crippen molar-refractivity contribution in [2.45, 2.75) is 33.1 Å². The van der Waals surface area contributed by atoms with Gasteiger partial charge in [0.25, 0.3) is 0 Å². The quantitative estimate of drug-likeness (QED) is 0.549. The van der Waals surface area contributed by atoms with E-state index in [1.807, 2.05) is 0 Å². The lowest BCUT2D eigenvalue weighted by atomic mass is 9.88. The van der Waals surface area contributed by atoms with Gasteiger partial charge in [-0.2, -0.15) is 0 Å². The van der Waals surface area contributed by atoms with E-state index in [1.54, 1.807) is 11.1 Å². The Kier molecular flexibility index (Phi) is 1.92. The summed E-state index contributed by atoms with van der Waals surface area (Å²) in [5.41, 5.74) is 4.78. The Labute approximate surface area is 74.7 Å². The molecule has 0 unspecified atom stereocenters. The van der Waals surface area contributed by atoms with Crippen LogP contribution >= 0.6 is 0 Å². The predicted molar refractivity (Wildman–Crippen MR) is 52.9 cm³/mol. The van der Waals surface area contributed by atoms with Crippen molar-refractivity contribution in [1.29, 1.82) is 0 Å². The van der Waals surface area contributed by atoms with Gasteiger partial charge in [-0.3, -0.25) is 0 Å². The SMILES string of the molecule is CC(C)C1=CC2=C(CC=C2)CC1. The normalized spacial score (nSPS) is 21.8. The van der Waals surface area contributed by atoms with Crippen LogP contribution in [0, 0.1) is 5.92 Å². The summed E-state index contributed by atoms with van der Waals surface area (Å²) < 4.78 is 0. The Morgan fingerprint density at radius 1 is 1.25 bits per heavy atom. The fourth-order valence-corrected chi connectivity index (χ4v) is 1.98. The fourth-order valence-electron chi connectivity index (χ4n) is 1.98. The molecule has 0 spiro atoms. The summed E-state index contributed by atoms with van der Waals surface area (Å²) in [4.78, 5) is 0.